The van der Waals surface area contributed by atoms with Crippen LogP contribution < -0.4 is 0 Å². The lowest BCUT2D eigenvalue weighted by Gasteiger charge is -2.19. The molecule has 0 N–H and O–H groups in total. The molecule has 8 nitrogen and oxygen atoms in total. The van der Waals surface area contributed by atoms with Crippen LogP contribution in [-0.2, 0) is 20.6 Å². The fourth-order valence-electron chi connectivity index (χ4n) is 4.15. The molecule has 0 unspecified atom stereocenters. The van der Waals surface area contributed by atoms with Gasteiger partial charge in [-0.25, -0.2) is 9.59 Å². The Labute approximate surface area is 215 Å². The van der Waals surface area contributed by atoms with Crippen LogP contribution in [0.2, 0.25) is 0 Å². The van der Waals surface area contributed by atoms with Gasteiger partial charge < -0.3 is 14.2 Å². The molecule has 0 aliphatic carbocycles. The molecule has 0 amide bonds. The lowest BCUT2D eigenvalue weighted by atomic mass is 10.0. The number of hydrogen-bond donors (Lipinski definition) is 0. The zero-order valence-corrected chi connectivity index (χ0v) is 20.9. The number of benzene rings is 3. The Morgan fingerprint density at radius 2 is 1.51 bits per heavy atom. The minimum Gasteiger partial charge on any atom is -0.459 e. The highest BCUT2D eigenvalue weighted by molar-refractivity contribution is 5.90. The maximum Gasteiger partial charge on any atom is 0.338 e. The van der Waals surface area contributed by atoms with Gasteiger partial charge >= 0.3 is 11.9 Å². The highest BCUT2D eigenvalue weighted by atomic mass is 16.6. The first-order chi connectivity index (χ1) is 17.9. The van der Waals surface area contributed by atoms with Crippen LogP contribution in [0.15, 0.2) is 77.9 Å². The molecule has 1 aliphatic rings. The molecule has 0 saturated carbocycles. The maximum atomic E-state index is 12.8. The molecule has 4 rings (SSSR count). The second kappa shape index (κ2) is 12.2. The van der Waals surface area contributed by atoms with Crippen LogP contribution in [0.1, 0.15) is 55.5 Å². The van der Waals surface area contributed by atoms with E-state index in [1.54, 1.807) is 24.3 Å². The van der Waals surface area contributed by atoms with Gasteiger partial charge in [-0.1, -0.05) is 64.8 Å². The molecule has 0 radical (unpaired) electrons. The predicted molar refractivity (Wildman–Crippen MR) is 138 cm³/mol. The number of aryl methyl sites for hydroxylation is 2. The average molecular weight is 500 g/mol. The van der Waals surface area contributed by atoms with Crippen LogP contribution >= 0.6 is 0 Å². The Morgan fingerprint density at radius 3 is 2.11 bits per heavy atom. The van der Waals surface area contributed by atoms with Crippen molar-refractivity contribution in [2.75, 3.05) is 13.2 Å². The van der Waals surface area contributed by atoms with E-state index in [1.807, 2.05) is 62.4 Å². The Bertz CT molecular complexity index is 1270. The van der Waals surface area contributed by atoms with Gasteiger partial charge in [0.2, 0.25) is 0 Å². The lowest BCUT2D eigenvalue weighted by Crippen LogP contribution is -2.32. The van der Waals surface area contributed by atoms with Crippen molar-refractivity contribution >= 4 is 11.9 Å². The van der Waals surface area contributed by atoms with Crippen LogP contribution in [-0.4, -0.2) is 37.3 Å². The summed E-state index contributed by atoms with van der Waals surface area (Å²) in [5.74, 6) is -0.905. The highest BCUT2D eigenvalue weighted by Gasteiger charge is 2.39. The SMILES string of the molecule is Cc1ccc(C(=O)OC[C@H]2O[C@@H](c3ccc(CCN=[N+]=[N-])cc3)C[C@@H]2OC(=O)c2ccc(C)cc2)cc1. The summed E-state index contributed by atoms with van der Waals surface area (Å²) >= 11 is 0. The Kier molecular flexibility index (Phi) is 8.56. The van der Waals surface area contributed by atoms with Gasteiger partial charge in [0.15, 0.2) is 0 Å². The van der Waals surface area contributed by atoms with Crippen molar-refractivity contribution in [1.29, 1.82) is 0 Å². The van der Waals surface area contributed by atoms with Crippen molar-refractivity contribution in [3.8, 4) is 0 Å². The van der Waals surface area contributed by atoms with Gasteiger partial charge in [-0.05, 0) is 61.2 Å². The Balaban J connectivity index is 1.46. The number of esters is 2. The van der Waals surface area contributed by atoms with Crippen LogP contribution in [0.5, 0.6) is 0 Å². The van der Waals surface area contributed by atoms with Gasteiger partial charge in [-0.15, -0.1) is 0 Å². The van der Waals surface area contributed by atoms with Crippen molar-refractivity contribution in [2.24, 2.45) is 5.11 Å². The van der Waals surface area contributed by atoms with E-state index in [9.17, 15) is 9.59 Å². The van der Waals surface area contributed by atoms with Crippen molar-refractivity contribution in [2.45, 2.75) is 45.0 Å². The molecule has 190 valence electrons. The predicted octanol–water partition coefficient (Wildman–Crippen LogP) is 6.07. The van der Waals surface area contributed by atoms with E-state index < -0.39 is 24.1 Å². The minimum absolute atomic E-state index is 0.0424. The number of carbonyl (C=O) groups excluding carboxylic acids is 2. The van der Waals surface area contributed by atoms with Gasteiger partial charge in [0, 0.05) is 17.9 Å². The summed E-state index contributed by atoms with van der Waals surface area (Å²) in [6.07, 6.45) is -0.454. The maximum absolute atomic E-state index is 12.8. The van der Waals surface area contributed by atoms with Gasteiger partial charge in [-0.3, -0.25) is 0 Å². The summed E-state index contributed by atoms with van der Waals surface area (Å²) in [6, 6.07) is 22.1. The van der Waals surface area contributed by atoms with Crippen LogP contribution in [0.25, 0.3) is 10.4 Å². The largest absolute Gasteiger partial charge is 0.459 e. The quantitative estimate of drug-likeness (QED) is 0.154. The summed E-state index contributed by atoms with van der Waals surface area (Å²) in [4.78, 5) is 28.2. The second-order valence-corrected chi connectivity index (χ2v) is 9.12. The number of hydrogen-bond acceptors (Lipinski definition) is 6. The van der Waals surface area contributed by atoms with Crippen molar-refractivity contribution in [3.63, 3.8) is 0 Å². The van der Waals surface area contributed by atoms with E-state index in [1.165, 1.54) is 0 Å². The van der Waals surface area contributed by atoms with Gasteiger partial charge in [0.25, 0.3) is 0 Å². The summed E-state index contributed by atoms with van der Waals surface area (Å²) in [5.41, 5.74) is 13.4. The van der Waals surface area contributed by atoms with Crippen LogP contribution in [0.3, 0.4) is 0 Å². The van der Waals surface area contributed by atoms with E-state index >= 15 is 0 Å². The molecule has 8 heteroatoms. The zero-order chi connectivity index (χ0) is 26.2. The molecule has 1 fully saturated rings. The van der Waals surface area contributed by atoms with E-state index in [2.05, 4.69) is 10.0 Å². The summed E-state index contributed by atoms with van der Waals surface area (Å²) < 4.78 is 17.6. The Morgan fingerprint density at radius 1 is 0.919 bits per heavy atom. The molecule has 3 atom stereocenters. The molecule has 37 heavy (non-hydrogen) atoms. The van der Waals surface area contributed by atoms with Gasteiger partial charge in [0.05, 0.1) is 17.2 Å². The first-order valence-corrected chi connectivity index (χ1v) is 12.2. The van der Waals surface area contributed by atoms with Gasteiger partial charge in [0.1, 0.15) is 18.8 Å². The Hall–Kier alpha value is -4.13. The molecule has 0 aromatic heterocycles. The molecular weight excluding hydrogens is 470 g/mol. The fourth-order valence-corrected chi connectivity index (χ4v) is 4.15. The zero-order valence-electron chi connectivity index (χ0n) is 20.9. The first kappa shape index (κ1) is 25.9. The topological polar surface area (TPSA) is 111 Å². The van der Waals surface area contributed by atoms with Crippen molar-refractivity contribution in [3.05, 3.63) is 117 Å². The third-order valence-electron chi connectivity index (χ3n) is 6.33. The summed E-state index contributed by atoms with van der Waals surface area (Å²) in [5, 5.41) is 3.57. The van der Waals surface area contributed by atoms with E-state index in [-0.39, 0.29) is 12.7 Å². The average Bonchev–Trinajstić information content (AvgIpc) is 3.31. The molecule has 1 saturated heterocycles. The second-order valence-electron chi connectivity index (χ2n) is 9.12. The molecule has 0 bridgehead atoms. The standard InChI is InChI=1S/C29H29N3O5/c1-19-3-9-23(10-4-19)28(33)35-18-27-26(37-29(34)24-11-5-20(2)6-12-24)17-25(36-27)22-13-7-21(8-14-22)15-16-31-32-30/h3-14,25-27H,15-18H2,1-2H3/t25-,26+,27-/m1/s1. The third-order valence-corrected chi connectivity index (χ3v) is 6.33. The number of nitrogens with zero attached hydrogens (tertiary/aromatic N) is 3. The van der Waals surface area contributed by atoms with Crippen LogP contribution in [0.4, 0.5) is 0 Å². The minimum atomic E-state index is -0.613. The molecule has 1 aliphatic heterocycles. The molecule has 0 spiro atoms. The first-order valence-electron chi connectivity index (χ1n) is 12.2. The van der Waals surface area contributed by atoms with Crippen molar-refractivity contribution in [1.82, 2.24) is 0 Å². The summed E-state index contributed by atoms with van der Waals surface area (Å²) in [7, 11) is 0. The summed E-state index contributed by atoms with van der Waals surface area (Å²) in [6.45, 7) is 4.24. The fraction of sp³-hybridized carbons (Fsp3) is 0.310. The number of carbonyl (C=O) groups is 2. The van der Waals surface area contributed by atoms with Gasteiger partial charge in [-0.2, -0.15) is 0 Å². The van der Waals surface area contributed by atoms with E-state index in [0.717, 1.165) is 22.3 Å². The third kappa shape index (κ3) is 6.97. The molecule has 3 aromatic rings. The van der Waals surface area contributed by atoms with E-state index in [0.29, 0.717) is 30.5 Å². The lowest BCUT2D eigenvalue weighted by molar-refractivity contribution is -0.0427. The normalized spacial score (nSPS) is 18.6. The number of ether oxygens (including phenoxy) is 3. The molecule has 3 aromatic carbocycles. The number of azide groups is 1. The van der Waals surface area contributed by atoms with Crippen LogP contribution in [0, 0.1) is 13.8 Å². The highest BCUT2D eigenvalue weighted by Crippen LogP contribution is 2.35. The smallest absolute Gasteiger partial charge is 0.338 e. The monoisotopic (exact) mass is 499 g/mol. The number of rotatable bonds is 9. The van der Waals surface area contributed by atoms with Crippen molar-refractivity contribution < 1.29 is 23.8 Å². The molecule has 1 heterocycles. The van der Waals surface area contributed by atoms with E-state index in [4.69, 9.17) is 19.7 Å². The molecular formula is C29H29N3O5.